The first-order chi connectivity index (χ1) is 9.02. The summed E-state index contributed by atoms with van der Waals surface area (Å²) in [6.07, 6.45) is 2.90. The average molecular weight is 274 g/mol. The summed E-state index contributed by atoms with van der Waals surface area (Å²) in [5.41, 5.74) is 0. The van der Waals surface area contributed by atoms with Gasteiger partial charge in [0, 0.05) is 33.4 Å². The summed E-state index contributed by atoms with van der Waals surface area (Å²) in [4.78, 5) is 24.1. The van der Waals surface area contributed by atoms with E-state index in [1.165, 1.54) is 4.90 Å². The van der Waals surface area contributed by atoms with Crippen molar-refractivity contribution >= 4 is 12.0 Å². The van der Waals surface area contributed by atoms with Crippen molar-refractivity contribution in [3.8, 4) is 0 Å². The Hall–Kier alpha value is -1.30. The molecule has 0 radical (unpaired) electrons. The molecular weight excluding hydrogens is 248 g/mol. The van der Waals surface area contributed by atoms with Gasteiger partial charge in [-0.3, -0.25) is 4.79 Å². The number of carboxylic acids is 1. The van der Waals surface area contributed by atoms with Gasteiger partial charge >= 0.3 is 12.0 Å². The van der Waals surface area contributed by atoms with E-state index in [1.807, 2.05) is 6.92 Å². The fourth-order valence-electron chi connectivity index (χ4n) is 1.62. The molecule has 1 atom stereocenters. The number of hydrogen-bond acceptors (Lipinski definition) is 3. The molecule has 0 saturated heterocycles. The molecule has 0 aromatic carbocycles. The second kappa shape index (κ2) is 10.6. The monoisotopic (exact) mass is 274 g/mol. The van der Waals surface area contributed by atoms with Gasteiger partial charge in [-0.15, -0.1) is 0 Å². The molecule has 0 spiro atoms. The number of carbonyl (C=O) groups excluding carboxylic acids is 1. The smallest absolute Gasteiger partial charge is 0.317 e. The van der Waals surface area contributed by atoms with Gasteiger partial charge in [0.15, 0.2) is 0 Å². The fraction of sp³-hybridized carbons (Fsp3) is 0.846. The summed E-state index contributed by atoms with van der Waals surface area (Å²) < 4.78 is 4.94. The van der Waals surface area contributed by atoms with Crippen molar-refractivity contribution in [2.75, 3.05) is 33.4 Å². The van der Waals surface area contributed by atoms with E-state index in [-0.39, 0.29) is 12.6 Å². The van der Waals surface area contributed by atoms with Crippen molar-refractivity contribution < 1.29 is 19.4 Å². The molecule has 0 aromatic heterocycles. The van der Waals surface area contributed by atoms with Crippen LogP contribution in [0.1, 0.15) is 33.1 Å². The Labute approximate surface area is 115 Å². The molecule has 19 heavy (non-hydrogen) atoms. The first-order valence-electron chi connectivity index (χ1n) is 6.77. The third-order valence-corrected chi connectivity index (χ3v) is 2.89. The van der Waals surface area contributed by atoms with E-state index in [0.29, 0.717) is 13.1 Å². The van der Waals surface area contributed by atoms with Crippen LogP contribution in [0.15, 0.2) is 0 Å². The molecule has 2 N–H and O–H groups in total. The van der Waals surface area contributed by atoms with E-state index < -0.39 is 11.9 Å². The van der Waals surface area contributed by atoms with Crippen molar-refractivity contribution in [2.45, 2.75) is 33.1 Å². The lowest BCUT2D eigenvalue weighted by Crippen LogP contribution is -2.43. The first-order valence-corrected chi connectivity index (χ1v) is 6.77. The zero-order valence-electron chi connectivity index (χ0n) is 12.1. The van der Waals surface area contributed by atoms with E-state index >= 15 is 0 Å². The van der Waals surface area contributed by atoms with Crippen LogP contribution < -0.4 is 5.32 Å². The largest absolute Gasteiger partial charge is 0.481 e. The number of nitrogens with one attached hydrogen (secondary N) is 1. The summed E-state index contributed by atoms with van der Waals surface area (Å²) in [5, 5.41) is 11.6. The molecule has 112 valence electrons. The Morgan fingerprint density at radius 3 is 2.53 bits per heavy atom. The molecular formula is C13H26N2O4. The molecule has 0 fully saturated rings. The number of methoxy groups -OCH3 is 1. The summed E-state index contributed by atoms with van der Waals surface area (Å²) >= 11 is 0. The van der Waals surface area contributed by atoms with E-state index in [1.54, 1.807) is 14.0 Å². The number of hydrogen-bond donors (Lipinski definition) is 2. The maximum atomic E-state index is 11.8. The highest BCUT2D eigenvalue weighted by Gasteiger charge is 2.18. The molecule has 1 unspecified atom stereocenters. The van der Waals surface area contributed by atoms with E-state index in [0.717, 1.165) is 25.9 Å². The number of aliphatic carboxylic acids is 1. The SMILES string of the molecule is CCN(CC(C)C(=O)O)C(=O)NCCCCCOC. The summed E-state index contributed by atoms with van der Waals surface area (Å²) in [5.74, 6) is -1.43. The number of ether oxygens (including phenoxy) is 1. The molecule has 0 rings (SSSR count). The Kier molecular flexibility index (Phi) is 9.88. The zero-order chi connectivity index (χ0) is 14.7. The third-order valence-electron chi connectivity index (χ3n) is 2.89. The van der Waals surface area contributed by atoms with Gasteiger partial charge in [0.1, 0.15) is 0 Å². The lowest BCUT2D eigenvalue weighted by molar-refractivity contribution is -0.141. The van der Waals surface area contributed by atoms with Crippen molar-refractivity contribution in [3.63, 3.8) is 0 Å². The highest BCUT2D eigenvalue weighted by atomic mass is 16.5. The van der Waals surface area contributed by atoms with Crippen LogP contribution in [0.3, 0.4) is 0 Å². The number of carbonyl (C=O) groups is 2. The molecule has 0 heterocycles. The number of rotatable bonds is 10. The number of unbranched alkanes of at least 4 members (excludes halogenated alkanes) is 2. The van der Waals surface area contributed by atoms with Gasteiger partial charge in [-0.05, 0) is 26.2 Å². The predicted molar refractivity (Wildman–Crippen MR) is 73.2 cm³/mol. The molecule has 0 bridgehead atoms. The topological polar surface area (TPSA) is 78.9 Å². The molecule has 0 aliphatic carbocycles. The fourth-order valence-corrected chi connectivity index (χ4v) is 1.62. The standard InChI is InChI=1S/C13H26N2O4/c1-4-15(10-11(2)12(16)17)13(18)14-8-6-5-7-9-19-3/h11H,4-10H2,1-3H3,(H,14,18)(H,16,17). The van der Waals surface area contributed by atoms with Crippen LogP contribution in [0.2, 0.25) is 0 Å². The van der Waals surface area contributed by atoms with Crippen molar-refractivity contribution in [1.82, 2.24) is 10.2 Å². The van der Waals surface area contributed by atoms with Crippen LogP contribution in [-0.2, 0) is 9.53 Å². The molecule has 6 heteroatoms. The third kappa shape index (κ3) is 8.42. The zero-order valence-corrected chi connectivity index (χ0v) is 12.1. The Balaban J connectivity index is 3.85. The minimum atomic E-state index is -0.884. The Morgan fingerprint density at radius 2 is 2.00 bits per heavy atom. The van der Waals surface area contributed by atoms with Gasteiger partial charge in [0.05, 0.1) is 5.92 Å². The van der Waals surface area contributed by atoms with Crippen LogP contribution in [-0.4, -0.2) is 55.4 Å². The number of nitrogens with zero attached hydrogens (tertiary/aromatic N) is 1. The van der Waals surface area contributed by atoms with Crippen LogP contribution in [0.25, 0.3) is 0 Å². The normalized spacial score (nSPS) is 11.9. The maximum Gasteiger partial charge on any atom is 0.317 e. The van der Waals surface area contributed by atoms with Crippen molar-refractivity contribution in [1.29, 1.82) is 0 Å². The van der Waals surface area contributed by atoms with Gasteiger partial charge in [0.2, 0.25) is 0 Å². The molecule has 0 aliphatic rings. The predicted octanol–water partition coefficient (Wildman–Crippen LogP) is 1.56. The highest BCUT2D eigenvalue weighted by Crippen LogP contribution is 2.01. The van der Waals surface area contributed by atoms with Gasteiger partial charge in [-0.1, -0.05) is 6.92 Å². The maximum absolute atomic E-state index is 11.8. The minimum absolute atomic E-state index is 0.192. The Bertz CT molecular complexity index is 271. The highest BCUT2D eigenvalue weighted by molar-refractivity contribution is 5.75. The lowest BCUT2D eigenvalue weighted by Gasteiger charge is -2.23. The van der Waals surface area contributed by atoms with E-state index in [9.17, 15) is 9.59 Å². The number of amides is 2. The molecule has 0 saturated carbocycles. The summed E-state index contributed by atoms with van der Waals surface area (Å²) in [6.45, 7) is 5.54. The molecule has 0 aromatic rings. The summed E-state index contributed by atoms with van der Waals surface area (Å²) in [6, 6.07) is -0.192. The van der Waals surface area contributed by atoms with Crippen LogP contribution >= 0.6 is 0 Å². The van der Waals surface area contributed by atoms with Crippen molar-refractivity contribution in [3.05, 3.63) is 0 Å². The molecule has 2 amide bonds. The number of urea groups is 1. The van der Waals surface area contributed by atoms with Gasteiger partial charge in [-0.2, -0.15) is 0 Å². The number of carboxylic acid groups (broad SMARTS) is 1. The summed E-state index contributed by atoms with van der Waals surface area (Å²) in [7, 11) is 1.67. The van der Waals surface area contributed by atoms with Gasteiger partial charge in [0.25, 0.3) is 0 Å². The first kappa shape index (κ1) is 17.7. The van der Waals surface area contributed by atoms with E-state index in [4.69, 9.17) is 9.84 Å². The van der Waals surface area contributed by atoms with E-state index in [2.05, 4.69) is 5.32 Å². The van der Waals surface area contributed by atoms with Gasteiger partial charge in [-0.25, -0.2) is 4.79 Å². The van der Waals surface area contributed by atoms with Crippen LogP contribution in [0.5, 0.6) is 0 Å². The second-order valence-electron chi connectivity index (χ2n) is 4.56. The van der Waals surface area contributed by atoms with Crippen LogP contribution in [0, 0.1) is 5.92 Å². The van der Waals surface area contributed by atoms with Gasteiger partial charge < -0.3 is 20.1 Å². The molecule has 6 nitrogen and oxygen atoms in total. The van der Waals surface area contributed by atoms with Crippen LogP contribution in [0.4, 0.5) is 4.79 Å². The Morgan fingerprint density at radius 1 is 1.32 bits per heavy atom. The lowest BCUT2D eigenvalue weighted by atomic mass is 10.2. The average Bonchev–Trinajstić information content (AvgIpc) is 2.39. The second-order valence-corrected chi connectivity index (χ2v) is 4.56. The molecule has 0 aliphatic heterocycles. The van der Waals surface area contributed by atoms with Crippen molar-refractivity contribution in [2.24, 2.45) is 5.92 Å². The minimum Gasteiger partial charge on any atom is -0.481 e. The quantitative estimate of drug-likeness (QED) is 0.592.